The minimum absolute atomic E-state index is 0.756. The molecule has 1 heterocycles. The second-order valence-electron chi connectivity index (χ2n) is 3.35. The smallest absolute Gasteiger partial charge is 0.111 e. The van der Waals surface area contributed by atoms with E-state index >= 15 is 0 Å². The molecule has 1 atom stereocenters. The predicted octanol–water partition coefficient (Wildman–Crippen LogP) is 1.92. The van der Waals surface area contributed by atoms with E-state index in [-0.39, 0.29) is 0 Å². The predicted molar refractivity (Wildman–Crippen MR) is 54.4 cm³/mol. The molecule has 1 nitrogen and oxygen atoms in total. The normalized spacial score (nSPS) is 13.2. The van der Waals surface area contributed by atoms with E-state index in [0.717, 1.165) is 12.6 Å². The lowest BCUT2D eigenvalue weighted by molar-refractivity contribution is -0.701. The summed E-state index contributed by atoms with van der Waals surface area (Å²) in [4.78, 5) is 1.52. The van der Waals surface area contributed by atoms with E-state index in [9.17, 15) is 0 Å². The van der Waals surface area contributed by atoms with E-state index in [4.69, 9.17) is 0 Å². The largest absolute Gasteiger partial charge is 0.340 e. The second kappa shape index (κ2) is 4.63. The summed E-state index contributed by atoms with van der Waals surface area (Å²) in [6.07, 6.45) is 1.25. The average molecular weight is 184 g/mol. The van der Waals surface area contributed by atoms with Crippen LogP contribution in [0.25, 0.3) is 0 Å². The minimum Gasteiger partial charge on any atom is -0.340 e. The van der Waals surface area contributed by atoms with Gasteiger partial charge in [0, 0.05) is 0 Å². The molecule has 0 spiro atoms. The Balaban J connectivity index is 2.38. The van der Waals surface area contributed by atoms with Gasteiger partial charge in [0.1, 0.15) is 6.54 Å². The fourth-order valence-electron chi connectivity index (χ4n) is 1.09. The van der Waals surface area contributed by atoms with Gasteiger partial charge in [0.15, 0.2) is 0 Å². The number of rotatable bonds is 4. The molecule has 0 aliphatic heterocycles. The quantitative estimate of drug-likeness (QED) is 0.736. The van der Waals surface area contributed by atoms with Crippen LogP contribution in [0.1, 0.15) is 30.7 Å². The van der Waals surface area contributed by atoms with Gasteiger partial charge in [-0.3, -0.25) is 0 Å². The van der Waals surface area contributed by atoms with E-state index in [1.165, 1.54) is 16.9 Å². The van der Waals surface area contributed by atoms with Crippen LogP contribution in [0.4, 0.5) is 0 Å². The molecule has 0 unspecified atom stereocenters. The van der Waals surface area contributed by atoms with Crippen LogP contribution in [0.2, 0.25) is 0 Å². The van der Waals surface area contributed by atoms with E-state index < -0.39 is 0 Å². The summed E-state index contributed by atoms with van der Waals surface area (Å²) < 4.78 is 0. The maximum atomic E-state index is 2.42. The van der Waals surface area contributed by atoms with Crippen LogP contribution in [0.3, 0.4) is 0 Å². The summed E-state index contributed by atoms with van der Waals surface area (Å²) in [5, 5.41) is 4.59. The van der Waals surface area contributed by atoms with Gasteiger partial charge < -0.3 is 5.32 Å². The number of hydrogen-bond acceptors (Lipinski definition) is 1. The second-order valence-corrected chi connectivity index (χ2v) is 4.35. The van der Waals surface area contributed by atoms with Gasteiger partial charge in [0.25, 0.3) is 0 Å². The fourth-order valence-corrected chi connectivity index (χ4v) is 1.97. The summed E-state index contributed by atoms with van der Waals surface area (Å²) in [6.45, 7) is 7.86. The lowest BCUT2D eigenvalue weighted by atomic mass is 10.2. The van der Waals surface area contributed by atoms with Crippen molar-refractivity contribution in [3.05, 3.63) is 21.9 Å². The summed E-state index contributed by atoms with van der Waals surface area (Å²) in [5.74, 6) is 0. The highest BCUT2D eigenvalue weighted by Gasteiger charge is 2.04. The van der Waals surface area contributed by atoms with Gasteiger partial charge in [-0.2, -0.15) is 0 Å². The Morgan fingerprint density at radius 3 is 2.83 bits per heavy atom. The first kappa shape index (κ1) is 9.75. The van der Waals surface area contributed by atoms with Gasteiger partial charge in [0.05, 0.1) is 10.9 Å². The highest BCUT2D eigenvalue weighted by molar-refractivity contribution is 7.10. The first-order valence-electron chi connectivity index (χ1n) is 4.60. The Labute approximate surface area is 78.8 Å². The van der Waals surface area contributed by atoms with E-state index in [1.54, 1.807) is 0 Å². The number of aryl methyl sites for hydroxylation is 1. The number of quaternary nitrogens is 1. The monoisotopic (exact) mass is 184 g/mol. The zero-order valence-corrected chi connectivity index (χ0v) is 8.95. The van der Waals surface area contributed by atoms with Crippen LogP contribution in [-0.4, -0.2) is 6.04 Å². The van der Waals surface area contributed by atoms with Crippen molar-refractivity contribution in [1.82, 2.24) is 0 Å². The molecule has 0 fully saturated rings. The van der Waals surface area contributed by atoms with Crippen molar-refractivity contribution in [3.8, 4) is 0 Å². The first-order valence-corrected chi connectivity index (χ1v) is 5.48. The van der Waals surface area contributed by atoms with Crippen molar-refractivity contribution in [2.24, 2.45) is 0 Å². The number of hydrogen-bond donors (Lipinski definition) is 1. The third kappa shape index (κ3) is 2.61. The Morgan fingerprint density at radius 2 is 2.33 bits per heavy atom. The highest BCUT2D eigenvalue weighted by Crippen LogP contribution is 2.13. The lowest BCUT2D eigenvalue weighted by Gasteiger charge is -2.06. The molecule has 0 saturated carbocycles. The fraction of sp³-hybridized carbons (Fsp3) is 0.600. The minimum atomic E-state index is 0.756. The van der Waals surface area contributed by atoms with Gasteiger partial charge in [-0.25, -0.2) is 0 Å². The standard InChI is InChI=1S/C10H17NS/c1-4-9(3)11-7-10-8(2)5-6-12-10/h5-6,9,11H,4,7H2,1-3H3/p+1/t9-/m0/s1. The van der Waals surface area contributed by atoms with Crippen molar-refractivity contribution < 1.29 is 5.32 Å². The zero-order valence-electron chi connectivity index (χ0n) is 8.13. The summed E-state index contributed by atoms with van der Waals surface area (Å²) in [7, 11) is 0. The van der Waals surface area contributed by atoms with Crippen LogP contribution in [0, 0.1) is 6.92 Å². The molecule has 12 heavy (non-hydrogen) atoms. The molecular weight excluding hydrogens is 166 g/mol. The summed E-state index contributed by atoms with van der Waals surface area (Å²) >= 11 is 1.87. The third-order valence-electron chi connectivity index (χ3n) is 2.32. The SMILES string of the molecule is CC[C@H](C)[NH2+]Cc1sccc1C. The summed E-state index contributed by atoms with van der Waals surface area (Å²) in [5.41, 5.74) is 1.44. The molecular formula is C10H18NS+. The Morgan fingerprint density at radius 1 is 1.58 bits per heavy atom. The molecule has 0 saturated heterocycles. The molecule has 0 bridgehead atoms. The topological polar surface area (TPSA) is 16.6 Å². The molecule has 0 aromatic carbocycles. The molecule has 68 valence electrons. The molecule has 0 radical (unpaired) electrons. The highest BCUT2D eigenvalue weighted by atomic mass is 32.1. The van der Waals surface area contributed by atoms with Crippen LogP contribution < -0.4 is 5.32 Å². The molecule has 0 aliphatic rings. The number of thiophene rings is 1. The molecule has 1 aromatic rings. The first-order chi connectivity index (χ1) is 5.74. The van der Waals surface area contributed by atoms with Crippen molar-refractivity contribution in [2.45, 2.75) is 39.8 Å². The Bertz CT molecular complexity index is 229. The van der Waals surface area contributed by atoms with E-state index in [2.05, 4.69) is 37.5 Å². The van der Waals surface area contributed by atoms with Gasteiger partial charge in [-0.05, 0) is 37.3 Å². The Hall–Kier alpha value is -0.340. The molecule has 0 amide bonds. The van der Waals surface area contributed by atoms with Crippen LogP contribution in [0.5, 0.6) is 0 Å². The molecule has 1 rings (SSSR count). The van der Waals surface area contributed by atoms with E-state index in [1.807, 2.05) is 11.3 Å². The maximum absolute atomic E-state index is 2.42. The summed E-state index contributed by atoms with van der Waals surface area (Å²) in [6, 6.07) is 2.95. The average Bonchev–Trinajstić information content (AvgIpc) is 2.47. The van der Waals surface area contributed by atoms with Crippen LogP contribution in [-0.2, 0) is 6.54 Å². The van der Waals surface area contributed by atoms with Gasteiger partial charge in [0.2, 0.25) is 0 Å². The molecule has 1 aromatic heterocycles. The van der Waals surface area contributed by atoms with Gasteiger partial charge >= 0.3 is 0 Å². The molecule has 0 aliphatic carbocycles. The molecule has 2 N–H and O–H groups in total. The van der Waals surface area contributed by atoms with Gasteiger partial charge in [-0.15, -0.1) is 11.3 Å². The van der Waals surface area contributed by atoms with Crippen LogP contribution >= 0.6 is 11.3 Å². The third-order valence-corrected chi connectivity index (χ3v) is 3.36. The van der Waals surface area contributed by atoms with Crippen LogP contribution in [0.15, 0.2) is 11.4 Å². The lowest BCUT2D eigenvalue weighted by Crippen LogP contribution is -2.87. The van der Waals surface area contributed by atoms with Crippen molar-refractivity contribution in [2.75, 3.05) is 0 Å². The zero-order chi connectivity index (χ0) is 8.97. The van der Waals surface area contributed by atoms with E-state index in [0.29, 0.717) is 0 Å². The van der Waals surface area contributed by atoms with Crippen molar-refractivity contribution in [1.29, 1.82) is 0 Å². The number of nitrogens with two attached hydrogens (primary N) is 1. The van der Waals surface area contributed by atoms with Crippen molar-refractivity contribution in [3.63, 3.8) is 0 Å². The maximum Gasteiger partial charge on any atom is 0.111 e. The molecule has 2 heteroatoms. The van der Waals surface area contributed by atoms with Crippen molar-refractivity contribution >= 4 is 11.3 Å². The Kier molecular flexibility index (Phi) is 3.76. The van der Waals surface area contributed by atoms with Gasteiger partial charge in [-0.1, -0.05) is 6.92 Å².